The first kappa shape index (κ1) is 46.0. The van der Waals surface area contributed by atoms with E-state index in [4.69, 9.17) is 5.73 Å². The van der Waals surface area contributed by atoms with Gasteiger partial charge in [-0.25, -0.2) is 4.79 Å². The van der Waals surface area contributed by atoms with Gasteiger partial charge in [0, 0.05) is 12.8 Å². The van der Waals surface area contributed by atoms with Crippen LogP contribution in [0.25, 0.3) is 0 Å². The summed E-state index contributed by atoms with van der Waals surface area (Å²) in [5.41, 5.74) is 5.61. The maximum absolute atomic E-state index is 14.0. The molecule has 12 nitrogen and oxygen atoms in total. The molecule has 12 heteroatoms. The third-order valence-electron chi connectivity index (χ3n) is 8.57. The molecule has 284 valence electrons. The van der Waals surface area contributed by atoms with Crippen molar-refractivity contribution in [3.63, 3.8) is 0 Å². The lowest BCUT2D eigenvalue weighted by atomic mass is 9.99. The van der Waals surface area contributed by atoms with Crippen molar-refractivity contribution >= 4 is 35.5 Å². The predicted octanol–water partition coefficient (Wildman–Crippen LogP) is 5.36. The fraction of sp³-hybridized carbons (Fsp3) is 0.838. The summed E-state index contributed by atoms with van der Waals surface area (Å²) in [5, 5.41) is 17.9. The third kappa shape index (κ3) is 22.3. The zero-order chi connectivity index (χ0) is 37.0. The van der Waals surface area contributed by atoms with Crippen molar-refractivity contribution in [2.45, 2.75) is 181 Å². The Morgan fingerprint density at radius 3 is 1.71 bits per heavy atom. The fourth-order valence-corrected chi connectivity index (χ4v) is 5.70. The minimum absolute atomic E-state index is 0.0289. The second-order valence-corrected chi connectivity index (χ2v) is 13.7. The molecular formula is C37H69N5O7. The second kappa shape index (κ2) is 28.8. The molecule has 0 fully saturated rings. The van der Waals surface area contributed by atoms with Gasteiger partial charge in [-0.1, -0.05) is 105 Å². The topological polar surface area (TPSA) is 188 Å². The number of rotatable bonds is 30. The summed E-state index contributed by atoms with van der Waals surface area (Å²) in [6.07, 6.45) is 15.8. The van der Waals surface area contributed by atoms with Crippen molar-refractivity contribution in [1.29, 1.82) is 0 Å². The molecule has 0 heterocycles. The van der Waals surface area contributed by atoms with Crippen molar-refractivity contribution in [2.75, 3.05) is 13.1 Å². The van der Waals surface area contributed by atoms with Gasteiger partial charge in [0.2, 0.25) is 23.6 Å². The number of carboxylic acids is 1. The van der Waals surface area contributed by atoms with Gasteiger partial charge in [-0.2, -0.15) is 0 Å². The molecular weight excluding hydrogens is 626 g/mol. The van der Waals surface area contributed by atoms with Crippen LogP contribution in [0, 0.1) is 5.92 Å². The van der Waals surface area contributed by atoms with Crippen LogP contribution >= 0.6 is 0 Å². The Balaban J connectivity index is 5.39. The van der Waals surface area contributed by atoms with Crippen LogP contribution in [-0.2, 0) is 28.8 Å². The average molecular weight is 696 g/mol. The average Bonchev–Trinajstić information content (AvgIpc) is 3.05. The molecule has 0 aromatic carbocycles. The summed E-state index contributed by atoms with van der Waals surface area (Å²) in [6, 6.07) is -3.41. The van der Waals surface area contributed by atoms with E-state index in [1.54, 1.807) is 0 Å². The van der Waals surface area contributed by atoms with Gasteiger partial charge >= 0.3 is 5.97 Å². The van der Waals surface area contributed by atoms with E-state index < -0.39 is 54.3 Å². The van der Waals surface area contributed by atoms with Crippen LogP contribution in [0.15, 0.2) is 0 Å². The van der Waals surface area contributed by atoms with Gasteiger partial charge in [-0.15, -0.1) is 0 Å². The van der Waals surface area contributed by atoms with E-state index in [1.807, 2.05) is 13.8 Å². The minimum atomic E-state index is -1.38. The number of hydrogen-bond acceptors (Lipinski definition) is 7. The first-order chi connectivity index (χ1) is 23.4. The zero-order valence-electron chi connectivity index (χ0n) is 31.3. The minimum Gasteiger partial charge on any atom is -0.480 e. The van der Waals surface area contributed by atoms with Gasteiger partial charge < -0.3 is 26.8 Å². The van der Waals surface area contributed by atoms with Gasteiger partial charge in [-0.3, -0.25) is 28.9 Å². The quantitative estimate of drug-likeness (QED) is 0.0621. The number of nitrogens with zero attached hydrogens (tertiary/aromatic N) is 1. The summed E-state index contributed by atoms with van der Waals surface area (Å²) in [5.74, 6) is -4.15. The molecule has 49 heavy (non-hydrogen) atoms. The van der Waals surface area contributed by atoms with Crippen LogP contribution in [-0.4, -0.2) is 76.7 Å². The molecule has 5 amide bonds. The standard InChI is InChI=1S/C37H69N5O7/c1-6-8-10-12-14-16-18-23-32(43)40-29(5)35(46)39-27-33(44)41-30(26-28(3)4)36(47)42(31(37(48)49)22-20-21-25-38)34(45)24-19-17-15-13-11-9-7-2/h28-31H,6-27,38H2,1-5H3,(H,39,46)(H,40,43)(H,41,44)(H,48,49). The van der Waals surface area contributed by atoms with Gasteiger partial charge in [0.1, 0.15) is 18.1 Å². The van der Waals surface area contributed by atoms with E-state index in [2.05, 4.69) is 29.8 Å². The number of nitrogens with one attached hydrogen (secondary N) is 3. The summed E-state index contributed by atoms with van der Waals surface area (Å²) in [6.45, 7) is 9.45. The van der Waals surface area contributed by atoms with Crippen molar-refractivity contribution < 1.29 is 33.9 Å². The van der Waals surface area contributed by atoms with Crippen LogP contribution in [0.2, 0.25) is 0 Å². The van der Waals surface area contributed by atoms with E-state index in [0.717, 1.165) is 69.1 Å². The van der Waals surface area contributed by atoms with Crippen molar-refractivity contribution in [1.82, 2.24) is 20.9 Å². The second-order valence-electron chi connectivity index (χ2n) is 13.7. The van der Waals surface area contributed by atoms with Crippen LogP contribution < -0.4 is 21.7 Å². The molecule has 0 aromatic rings. The maximum Gasteiger partial charge on any atom is 0.326 e. The Labute approximate surface area is 295 Å². The van der Waals surface area contributed by atoms with Crippen LogP contribution in [0.4, 0.5) is 0 Å². The number of aliphatic carboxylic acids is 1. The molecule has 0 aliphatic carbocycles. The highest BCUT2D eigenvalue weighted by molar-refractivity contribution is 6.02. The van der Waals surface area contributed by atoms with Crippen molar-refractivity contribution in [3.8, 4) is 0 Å². The van der Waals surface area contributed by atoms with Gasteiger partial charge in [0.05, 0.1) is 6.54 Å². The normalized spacial score (nSPS) is 13.0. The van der Waals surface area contributed by atoms with Crippen LogP contribution in [0.1, 0.15) is 163 Å². The number of carbonyl (C=O) groups excluding carboxylic acids is 5. The largest absolute Gasteiger partial charge is 0.480 e. The molecule has 0 spiro atoms. The van der Waals surface area contributed by atoms with Gasteiger partial charge in [-0.05, 0) is 57.9 Å². The predicted molar refractivity (Wildman–Crippen MR) is 193 cm³/mol. The number of hydrogen-bond donors (Lipinski definition) is 5. The monoisotopic (exact) mass is 696 g/mol. The van der Waals surface area contributed by atoms with Crippen molar-refractivity contribution in [2.24, 2.45) is 11.7 Å². The molecule has 3 atom stereocenters. The Kier molecular flexibility index (Phi) is 27.0. The Hall–Kier alpha value is -3.02. The number of carboxylic acid groups (broad SMARTS) is 1. The summed E-state index contributed by atoms with van der Waals surface area (Å²) in [4.78, 5) is 78.6. The Morgan fingerprint density at radius 2 is 1.20 bits per heavy atom. The lowest BCUT2D eigenvalue weighted by Gasteiger charge is -2.32. The fourth-order valence-electron chi connectivity index (χ4n) is 5.70. The Morgan fingerprint density at radius 1 is 0.673 bits per heavy atom. The van der Waals surface area contributed by atoms with E-state index in [-0.39, 0.29) is 31.1 Å². The molecule has 0 aliphatic heterocycles. The smallest absolute Gasteiger partial charge is 0.326 e. The zero-order valence-corrected chi connectivity index (χ0v) is 31.3. The SMILES string of the molecule is CCCCCCCCCC(=O)NC(C)C(=O)NCC(=O)NC(CC(C)C)C(=O)N(C(=O)CCCCCCCCC)C(CCCCN)C(=O)O. The lowest BCUT2D eigenvalue weighted by Crippen LogP contribution is -2.57. The summed E-state index contributed by atoms with van der Waals surface area (Å²) >= 11 is 0. The molecule has 0 radical (unpaired) electrons. The number of carbonyl (C=O) groups is 6. The highest BCUT2D eigenvalue weighted by Crippen LogP contribution is 2.18. The maximum atomic E-state index is 14.0. The molecule has 3 unspecified atom stereocenters. The van der Waals surface area contributed by atoms with Crippen LogP contribution in [0.5, 0.6) is 0 Å². The summed E-state index contributed by atoms with van der Waals surface area (Å²) in [7, 11) is 0. The van der Waals surface area contributed by atoms with E-state index >= 15 is 0 Å². The van der Waals surface area contributed by atoms with Crippen molar-refractivity contribution in [3.05, 3.63) is 0 Å². The lowest BCUT2D eigenvalue weighted by molar-refractivity contribution is -0.160. The number of nitrogens with two attached hydrogens (primary N) is 1. The Bertz CT molecular complexity index is 975. The highest BCUT2D eigenvalue weighted by Gasteiger charge is 2.38. The third-order valence-corrected chi connectivity index (χ3v) is 8.57. The van der Waals surface area contributed by atoms with Gasteiger partial charge in [0.15, 0.2) is 0 Å². The molecule has 0 saturated carbocycles. The molecule has 6 N–H and O–H groups in total. The van der Waals surface area contributed by atoms with E-state index in [1.165, 1.54) is 26.2 Å². The first-order valence-corrected chi connectivity index (χ1v) is 19.0. The van der Waals surface area contributed by atoms with E-state index in [9.17, 15) is 33.9 Å². The molecule has 0 aliphatic rings. The highest BCUT2D eigenvalue weighted by atomic mass is 16.4. The first-order valence-electron chi connectivity index (χ1n) is 19.0. The van der Waals surface area contributed by atoms with Crippen LogP contribution in [0.3, 0.4) is 0 Å². The molecule has 0 aromatic heterocycles. The molecule has 0 rings (SSSR count). The molecule has 0 bridgehead atoms. The number of imide groups is 1. The number of amides is 5. The molecule has 0 saturated heterocycles. The van der Waals surface area contributed by atoms with Gasteiger partial charge in [0.25, 0.3) is 5.91 Å². The number of unbranched alkanes of at least 4 members (excludes halogenated alkanes) is 13. The van der Waals surface area contributed by atoms with E-state index in [0.29, 0.717) is 32.2 Å². The summed E-state index contributed by atoms with van der Waals surface area (Å²) < 4.78 is 0.